The van der Waals surface area contributed by atoms with Gasteiger partial charge in [0.1, 0.15) is 5.75 Å². The van der Waals surface area contributed by atoms with Gasteiger partial charge in [-0.05, 0) is 40.8 Å². The third-order valence-electron chi connectivity index (χ3n) is 5.53. The molecule has 0 bridgehead atoms. The van der Waals surface area contributed by atoms with E-state index in [-0.39, 0.29) is 6.04 Å². The molecule has 0 aliphatic carbocycles. The summed E-state index contributed by atoms with van der Waals surface area (Å²) in [4.78, 5) is 0. The van der Waals surface area contributed by atoms with Gasteiger partial charge in [0.2, 0.25) is 0 Å². The number of benzene rings is 4. The van der Waals surface area contributed by atoms with Crippen molar-refractivity contribution in [2.45, 2.75) is 19.5 Å². The number of hydrogen-bond donors (Lipinski definition) is 1. The highest BCUT2D eigenvalue weighted by atomic mass is 16.5. The summed E-state index contributed by atoms with van der Waals surface area (Å²) in [6.45, 7) is 3.03. The zero-order chi connectivity index (χ0) is 20.8. The van der Waals surface area contributed by atoms with Crippen LogP contribution in [0.1, 0.15) is 24.1 Å². The standard InChI is InChI=1S/C28H27NO/c1-21(22-16-18-24(19-17-22)27-14-8-9-15-28(27)30-2)29-20-25-12-6-7-13-26(25)23-10-4-3-5-11-23/h3-19,21,29H,20H2,1-2H3. The van der Waals surface area contributed by atoms with E-state index in [2.05, 4.69) is 97.2 Å². The van der Waals surface area contributed by atoms with Crippen LogP contribution in [-0.2, 0) is 6.54 Å². The highest BCUT2D eigenvalue weighted by Crippen LogP contribution is 2.30. The Kier molecular flexibility index (Phi) is 6.26. The van der Waals surface area contributed by atoms with Crippen molar-refractivity contribution in [1.29, 1.82) is 0 Å². The number of para-hydroxylation sites is 1. The largest absolute Gasteiger partial charge is 0.496 e. The number of rotatable bonds is 7. The van der Waals surface area contributed by atoms with Crippen LogP contribution in [0, 0.1) is 0 Å². The quantitative estimate of drug-likeness (QED) is 0.369. The molecule has 0 saturated carbocycles. The summed E-state index contributed by atoms with van der Waals surface area (Å²) in [5, 5.41) is 3.68. The molecule has 2 heteroatoms. The molecule has 0 aliphatic heterocycles. The fourth-order valence-electron chi connectivity index (χ4n) is 3.79. The van der Waals surface area contributed by atoms with Gasteiger partial charge in [0, 0.05) is 18.2 Å². The molecule has 1 atom stereocenters. The zero-order valence-corrected chi connectivity index (χ0v) is 17.5. The minimum atomic E-state index is 0.251. The van der Waals surface area contributed by atoms with Gasteiger partial charge in [-0.2, -0.15) is 0 Å². The summed E-state index contributed by atoms with van der Waals surface area (Å²) in [6.07, 6.45) is 0. The second-order valence-corrected chi connectivity index (χ2v) is 7.45. The lowest BCUT2D eigenvalue weighted by molar-refractivity contribution is 0.416. The maximum absolute atomic E-state index is 5.50. The first-order valence-electron chi connectivity index (χ1n) is 10.4. The van der Waals surface area contributed by atoms with Crippen LogP contribution >= 0.6 is 0 Å². The molecule has 0 fully saturated rings. The molecule has 150 valence electrons. The SMILES string of the molecule is COc1ccccc1-c1ccc(C(C)NCc2ccccc2-c2ccccc2)cc1. The van der Waals surface area contributed by atoms with E-state index < -0.39 is 0 Å². The van der Waals surface area contributed by atoms with Crippen molar-refractivity contribution in [3.63, 3.8) is 0 Å². The van der Waals surface area contributed by atoms with Gasteiger partial charge >= 0.3 is 0 Å². The number of methoxy groups -OCH3 is 1. The maximum atomic E-state index is 5.50. The summed E-state index contributed by atoms with van der Waals surface area (Å²) < 4.78 is 5.50. The van der Waals surface area contributed by atoms with Crippen LogP contribution in [0.2, 0.25) is 0 Å². The van der Waals surface area contributed by atoms with Crippen molar-refractivity contribution in [2.75, 3.05) is 7.11 Å². The lowest BCUT2D eigenvalue weighted by Gasteiger charge is -2.17. The van der Waals surface area contributed by atoms with Crippen LogP contribution in [0.3, 0.4) is 0 Å². The summed E-state index contributed by atoms with van der Waals surface area (Å²) >= 11 is 0. The Labute approximate surface area is 179 Å². The highest BCUT2D eigenvalue weighted by Gasteiger charge is 2.10. The molecule has 0 amide bonds. The van der Waals surface area contributed by atoms with Crippen LogP contribution in [0.15, 0.2) is 103 Å². The normalized spacial score (nSPS) is 11.8. The van der Waals surface area contributed by atoms with Crippen molar-refractivity contribution in [2.24, 2.45) is 0 Å². The smallest absolute Gasteiger partial charge is 0.126 e. The van der Waals surface area contributed by atoms with Crippen molar-refractivity contribution < 1.29 is 4.74 Å². The first kappa shape index (κ1) is 19.9. The third kappa shape index (κ3) is 4.45. The van der Waals surface area contributed by atoms with E-state index in [9.17, 15) is 0 Å². The zero-order valence-electron chi connectivity index (χ0n) is 17.5. The van der Waals surface area contributed by atoms with E-state index in [1.54, 1.807) is 7.11 Å². The van der Waals surface area contributed by atoms with Crippen molar-refractivity contribution in [1.82, 2.24) is 5.32 Å². The average Bonchev–Trinajstić information content (AvgIpc) is 2.83. The molecule has 0 spiro atoms. The van der Waals surface area contributed by atoms with E-state index in [0.29, 0.717) is 0 Å². The van der Waals surface area contributed by atoms with E-state index >= 15 is 0 Å². The molecule has 0 aliphatic rings. The number of nitrogens with one attached hydrogen (secondary N) is 1. The van der Waals surface area contributed by atoms with Crippen LogP contribution in [-0.4, -0.2) is 7.11 Å². The third-order valence-corrected chi connectivity index (χ3v) is 5.53. The maximum Gasteiger partial charge on any atom is 0.126 e. The minimum Gasteiger partial charge on any atom is -0.496 e. The number of ether oxygens (including phenoxy) is 1. The monoisotopic (exact) mass is 393 g/mol. The first-order chi connectivity index (χ1) is 14.8. The van der Waals surface area contributed by atoms with Gasteiger partial charge < -0.3 is 10.1 Å². The van der Waals surface area contributed by atoms with E-state index in [1.165, 1.54) is 22.3 Å². The molecular formula is C28H27NO. The van der Waals surface area contributed by atoms with Gasteiger partial charge in [-0.25, -0.2) is 0 Å². The van der Waals surface area contributed by atoms with Gasteiger partial charge in [0.15, 0.2) is 0 Å². The van der Waals surface area contributed by atoms with E-state index in [0.717, 1.165) is 23.4 Å². The minimum absolute atomic E-state index is 0.251. The lowest BCUT2D eigenvalue weighted by Crippen LogP contribution is -2.18. The molecule has 4 aromatic carbocycles. The predicted octanol–water partition coefficient (Wildman–Crippen LogP) is 6.88. The molecule has 0 saturated heterocycles. The molecule has 4 rings (SSSR count). The molecule has 0 aromatic heterocycles. The second-order valence-electron chi connectivity index (χ2n) is 7.45. The second kappa shape index (κ2) is 9.43. The van der Waals surface area contributed by atoms with Gasteiger partial charge in [0.25, 0.3) is 0 Å². The Hall–Kier alpha value is -3.36. The summed E-state index contributed by atoms with van der Waals surface area (Å²) in [7, 11) is 1.71. The fourth-order valence-corrected chi connectivity index (χ4v) is 3.79. The lowest BCUT2D eigenvalue weighted by atomic mass is 9.98. The Morgan fingerprint density at radius 2 is 1.27 bits per heavy atom. The van der Waals surface area contributed by atoms with Gasteiger partial charge in [0.05, 0.1) is 7.11 Å². The van der Waals surface area contributed by atoms with Crippen molar-refractivity contribution >= 4 is 0 Å². The predicted molar refractivity (Wildman–Crippen MR) is 126 cm³/mol. The summed E-state index contributed by atoms with van der Waals surface area (Å²) in [5.74, 6) is 0.897. The molecule has 0 heterocycles. The Bertz CT molecular complexity index is 1090. The Balaban J connectivity index is 1.47. The average molecular weight is 394 g/mol. The molecular weight excluding hydrogens is 366 g/mol. The first-order valence-corrected chi connectivity index (χ1v) is 10.4. The molecule has 0 radical (unpaired) electrons. The molecule has 2 nitrogen and oxygen atoms in total. The number of hydrogen-bond acceptors (Lipinski definition) is 2. The molecule has 30 heavy (non-hydrogen) atoms. The van der Waals surface area contributed by atoms with Gasteiger partial charge in [-0.1, -0.05) is 97.1 Å². The molecule has 1 unspecified atom stereocenters. The Morgan fingerprint density at radius 1 is 0.667 bits per heavy atom. The van der Waals surface area contributed by atoms with Crippen LogP contribution in [0.5, 0.6) is 5.75 Å². The molecule has 4 aromatic rings. The van der Waals surface area contributed by atoms with E-state index in [4.69, 9.17) is 4.74 Å². The summed E-state index contributed by atoms with van der Waals surface area (Å²) in [6, 6.07) is 36.3. The topological polar surface area (TPSA) is 21.3 Å². The fraction of sp³-hybridized carbons (Fsp3) is 0.143. The van der Waals surface area contributed by atoms with Crippen LogP contribution in [0.25, 0.3) is 22.3 Å². The van der Waals surface area contributed by atoms with E-state index in [1.807, 2.05) is 18.2 Å². The van der Waals surface area contributed by atoms with Crippen molar-refractivity contribution in [3.05, 3.63) is 114 Å². The highest BCUT2D eigenvalue weighted by molar-refractivity contribution is 5.70. The Morgan fingerprint density at radius 3 is 2.00 bits per heavy atom. The summed E-state index contributed by atoms with van der Waals surface area (Å²) in [5.41, 5.74) is 7.39. The van der Waals surface area contributed by atoms with Crippen LogP contribution in [0.4, 0.5) is 0 Å². The van der Waals surface area contributed by atoms with Crippen molar-refractivity contribution in [3.8, 4) is 28.0 Å². The van der Waals surface area contributed by atoms with Gasteiger partial charge in [-0.15, -0.1) is 0 Å². The van der Waals surface area contributed by atoms with Gasteiger partial charge in [-0.3, -0.25) is 0 Å². The molecule has 1 N–H and O–H groups in total. The van der Waals surface area contributed by atoms with Crippen LogP contribution < -0.4 is 10.1 Å².